The molecule has 1 aromatic heterocycles. The maximum absolute atomic E-state index is 5.17. The third-order valence-electron chi connectivity index (χ3n) is 4.80. The van der Waals surface area contributed by atoms with Gasteiger partial charge >= 0.3 is 0 Å². The van der Waals surface area contributed by atoms with Gasteiger partial charge in [-0.3, -0.25) is 4.99 Å². The molecular formula is C17H30IN5OS. The van der Waals surface area contributed by atoms with Crippen molar-refractivity contribution >= 4 is 41.7 Å². The van der Waals surface area contributed by atoms with Gasteiger partial charge in [-0.1, -0.05) is 24.4 Å². The second kappa shape index (κ2) is 9.99. The minimum absolute atomic E-state index is 0. The molecule has 0 amide bonds. The van der Waals surface area contributed by atoms with Crippen LogP contribution >= 0.6 is 35.7 Å². The Hall–Kier alpha value is -0.510. The second-order valence-corrected chi connectivity index (χ2v) is 8.30. The first-order valence-corrected chi connectivity index (χ1v) is 10.2. The molecule has 0 bridgehead atoms. The van der Waals surface area contributed by atoms with Crippen LogP contribution in [0.5, 0.6) is 0 Å². The number of aromatic nitrogens is 2. The Morgan fingerprint density at radius 3 is 2.84 bits per heavy atom. The summed E-state index contributed by atoms with van der Waals surface area (Å²) in [6.07, 6.45) is 7.57. The monoisotopic (exact) mass is 479 g/mol. The summed E-state index contributed by atoms with van der Waals surface area (Å²) in [5, 5.41) is 7.30. The van der Waals surface area contributed by atoms with E-state index in [4.69, 9.17) is 9.52 Å². The molecule has 1 saturated heterocycles. The molecular weight excluding hydrogens is 449 g/mol. The van der Waals surface area contributed by atoms with Crippen molar-refractivity contribution in [2.24, 2.45) is 4.99 Å². The fourth-order valence-corrected chi connectivity index (χ4v) is 5.22. The Morgan fingerprint density at radius 1 is 1.36 bits per heavy atom. The van der Waals surface area contributed by atoms with Gasteiger partial charge in [0.05, 0.1) is 6.54 Å². The van der Waals surface area contributed by atoms with E-state index >= 15 is 0 Å². The lowest BCUT2D eigenvalue weighted by atomic mass is 9.87. The van der Waals surface area contributed by atoms with Crippen LogP contribution < -0.4 is 5.32 Å². The van der Waals surface area contributed by atoms with Crippen molar-refractivity contribution in [1.82, 2.24) is 20.4 Å². The van der Waals surface area contributed by atoms with Crippen molar-refractivity contribution in [1.29, 1.82) is 0 Å². The van der Waals surface area contributed by atoms with Crippen molar-refractivity contribution in [2.45, 2.75) is 57.1 Å². The number of nitrogens with zero attached hydrogens (tertiary/aromatic N) is 4. The van der Waals surface area contributed by atoms with Crippen LogP contribution in [0, 0.1) is 6.92 Å². The number of hydrogen-bond acceptors (Lipinski definition) is 5. The largest absolute Gasteiger partial charge is 0.357 e. The fourth-order valence-electron chi connectivity index (χ4n) is 3.65. The molecule has 6 nitrogen and oxygen atoms in total. The van der Waals surface area contributed by atoms with Crippen LogP contribution in [0.3, 0.4) is 0 Å². The van der Waals surface area contributed by atoms with Crippen LogP contribution in [-0.2, 0) is 6.42 Å². The number of aliphatic imine (C=N–C) groups is 1. The molecule has 0 atom stereocenters. The van der Waals surface area contributed by atoms with Gasteiger partial charge in [-0.05, 0) is 26.7 Å². The summed E-state index contributed by atoms with van der Waals surface area (Å²) < 4.78 is 5.63. The van der Waals surface area contributed by atoms with E-state index in [9.17, 15) is 0 Å². The predicted octanol–water partition coefficient (Wildman–Crippen LogP) is 3.26. The van der Waals surface area contributed by atoms with E-state index in [0.29, 0.717) is 29.4 Å². The van der Waals surface area contributed by atoms with E-state index in [0.717, 1.165) is 25.6 Å². The molecule has 0 aromatic carbocycles. The molecule has 1 spiro atoms. The predicted molar refractivity (Wildman–Crippen MR) is 114 cm³/mol. The normalized spacial score (nSPS) is 20.4. The molecule has 0 radical (unpaired) electrons. The highest BCUT2D eigenvalue weighted by Crippen LogP contribution is 2.42. The highest BCUT2D eigenvalue weighted by molar-refractivity contribution is 14.0. The van der Waals surface area contributed by atoms with E-state index in [-0.39, 0.29) is 24.0 Å². The van der Waals surface area contributed by atoms with Crippen LogP contribution in [0.1, 0.15) is 50.7 Å². The molecule has 3 rings (SSSR count). The highest BCUT2D eigenvalue weighted by atomic mass is 127. The molecule has 2 aliphatic rings. The number of guanidine groups is 1. The van der Waals surface area contributed by atoms with E-state index in [1.165, 1.54) is 37.9 Å². The van der Waals surface area contributed by atoms with Crippen LogP contribution in [0.25, 0.3) is 0 Å². The first kappa shape index (κ1) is 20.8. The average Bonchev–Trinajstić information content (AvgIpc) is 3.00. The Kier molecular flexibility index (Phi) is 8.31. The zero-order valence-corrected chi connectivity index (χ0v) is 18.4. The summed E-state index contributed by atoms with van der Waals surface area (Å²) in [5.74, 6) is 3.60. The van der Waals surface area contributed by atoms with Gasteiger partial charge < -0.3 is 14.7 Å². The van der Waals surface area contributed by atoms with Crippen LogP contribution in [0.15, 0.2) is 9.52 Å². The summed E-state index contributed by atoms with van der Waals surface area (Å²) in [4.78, 5) is 11.5. The minimum Gasteiger partial charge on any atom is -0.357 e. The summed E-state index contributed by atoms with van der Waals surface area (Å²) >= 11 is 2.19. The number of rotatable bonds is 4. The maximum Gasteiger partial charge on any atom is 0.228 e. The van der Waals surface area contributed by atoms with Gasteiger partial charge in [0.1, 0.15) is 0 Å². The number of thioether (sulfide) groups is 1. The van der Waals surface area contributed by atoms with Gasteiger partial charge in [-0.25, -0.2) is 0 Å². The van der Waals surface area contributed by atoms with E-state index < -0.39 is 0 Å². The molecule has 1 N–H and O–H groups in total. The van der Waals surface area contributed by atoms with Crippen molar-refractivity contribution in [3.05, 3.63) is 11.7 Å². The van der Waals surface area contributed by atoms with Gasteiger partial charge in [0.2, 0.25) is 5.89 Å². The lowest BCUT2D eigenvalue weighted by Gasteiger charge is -2.45. The molecule has 1 aliphatic carbocycles. The minimum atomic E-state index is 0. The topological polar surface area (TPSA) is 66.5 Å². The quantitative estimate of drug-likeness (QED) is 0.407. The van der Waals surface area contributed by atoms with Crippen LogP contribution in [0.2, 0.25) is 0 Å². The van der Waals surface area contributed by atoms with Gasteiger partial charge in [0.25, 0.3) is 0 Å². The highest BCUT2D eigenvalue weighted by Gasteiger charge is 2.38. The molecule has 0 unspecified atom stereocenters. The first-order valence-electron chi connectivity index (χ1n) is 9.17. The van der Waals surface area contributed by atoms with Crippen LogP contribution in [-0.4, -0.2) is 57.7 Å². The zero-order chi connectivity index (χ0) is 16.8. The number of nitrogens with one attached hydrogen (secondary N) is 1. The Bertz CT molecular complexity index is 553. The summed E-state index contributed by atoms with van der Waals surface area (Å²) in [7, 11) is 0. The molecule has 8 heteroatoms. The Balaban J connectivity index is 0.00000225. The smallest absolute Gasteiger partial charge is 0.228 e. The number of halogens is 1. The average molecular weight is 479 g/mol. The van der Waals surface area contributed by atoms with Crippen molar-refractivity contribution in [2.75, 3.05) is 31.9 Å². The third-order valence-corrected chi connectivity index (χ3v) is 6.34. The Labute approximate surface area is 172 Å². The SMILES string of the molecule is CCNC(=NCCc1nc(C)no1)N1CCSC2(CCCCC2)C1.I. The van der Waals surface area contributed by atoms with Crippen LogP contribution in [0.4, 0.5) is 0 Å². The lowest BCUT2D eigenvalue weighted by Crippen LogP contribution is -2.53. The van der Waals surface area contributed by atoms with E-state index in [1.807, 2.05) is 6.92 Å². The molecule has 1 aliphatic heterocycles. The molecule has 2 fully saturated rings. The molecule has 1 saturated carbocycles. The standard InChI is InChI=1S/C17H29N5OS.HI/c1-3-18-16(19-10-7-15-20-14(2)21-23-15)22-11-12-24-17(13-22)8-5-4-6-9-17;/h3-13H2,1-2H3,(H,18,19);1H. The van der Waals surface area contributed by atoms with Crippen molar-refractivity contribution in [3.8, 4) is 0 Å². The van der Waals surface area contributed by atoms with Gasteiger partial charge in [-0.15, -0.1) is 24.0 Å². The number of aryl methyl sites for hydroxylation is 1. The van der Waals surface area contributed by atoms with Gasteiger partial charge in [0.15, 0.2) is 11.8 Å². The first-order chi connectivity index (χ1) is 11.7. The molecule has 142 valence electrons. The third kappa shape index (κ3) is 5.74. The summed E-state index contributed by atoms with van der Waals surface area (Å²) in [5.41, 5.74) is 0. The maximum atomic E-state index is 5.17. The van der Waals surface area contributed by atoms with Gasteiger partial charge in [0, 0.05) is 36.6 Å². The summed E-state index contributed by atoms with van der Waals surface area (Å²) in [6, 6.07) is 0. The second-order valence-electron chi connectivity index (χ2n) is 6.73. The molecule has 1 aromatic rings. The van der Waals surface area contributed by atoms with Crippen molar-refractivity contribution in [3.63, 3.8) is 0 Å². The number of hydrogen-bond donors (Lipinski definition) is 1. The lowest BCUT2D eigenvalue weighted by molar-refractivity contribution is 0.293. The van der Waals surface area contributed by atoms with E-state index in [1.54, 1.807) is 0 Å². The van der Waals surface area contributed by atoms with Gasteiger partial charge in [-0.2, -0.15) is 16.7 Å². The van der Waals surface area contributed by atoms with E-state index in [2.05, 4.69) is 39.0 Å². The Morgan fingerprint density at radius 2 is 2.16 bits per heavy atom. The molecule has 25 heavy (non-hydrogen) atoms. The summed E-state index contributed by atoms with van der Waals surface area (Å²) in [6.45, 7) is 7.76. The molecule has 2 heterocycles. The van der Waals surface area contributed by atoms with Crippen molar-refractivity contribution < 1.29 is 4.52 Å². The fraction of sp³-hybridized carbons (Fsp3) is 0.824. The zero-order valence-electron chi connectivity index (χ0n) is 15.3.